The first-order valence-electron chi connectivity index (χ1n) is 6.04. The number of aromatic amines is 2. The average molecular weight is 292 g/mol. The lowest BCUT2D eigenvalue weighted by molar-refractivity contribution is 0.262. The fraction of sp³-hybridized carbons (Fsp3) is 0.154. The van der Waals surface area contributed by atoms with Crippen molar-refractivity contribution in [2.45, 2.75) is 13.8 Å². The minimum atomic E-state index is -0.723. The monoisotopic (exact) mass is 292 g/mol. The first kappa shape index (κ1) is 14.5. The Morgan fingerprint density at radius 1 is 1.14 bits per heavy atom. The van der Waals surface area contributed by atoms with Crippen molar-refractivity contribution in [3.63, 3.8) is 0 Å². The Kier molecular flexibility index (Phi) is 3.88. The van der Waals surface area contributed by atoms with Crippen LogP contribution in [0.4, 0.5) is 20.6 Å². The Morgan fingerprint density at radius 3 is 2.48 bits per heavy atom. The molecule has 4 N–H and O–H groups in total. The lowest BCUT2D eigenvalue weighted by atomic mass is 10.2. The predicted molar refractivity (Wildman–Crippen MR) is 76.2 cm³/mol. The van der Waals surface area contributed by atoms with Gasteiger partial charge in [0.25, 0.3) is 5.56 Å². The molecule has 0 aliphatic rings. The molecule has 0 bridgehead atoms. The summed E-state index contributed by atoms with van der Waals surface area (Å²) in [4.78, 5) is 38.7. The summed E-state index contributed by atoms with van der Waals surface area (Å²) in [6, 6.07) is 3.49. The van der Waals surface area contributed by atoms with Crippen LogP contribution in [0.3, 0.4) is 0 Å². The van der Waals surface area contributed by atoms with E-state index in [2.05, 4.69) is 15.6 Å². The Labute approximate surface area is 118 Å². The maximum atomic E-state index is 13.4. The molecule has 1 aromatic heterocycles. The van der Waals surface area contributed by atoms with Gasteiger partial charge >= 0.3 is 11.7 Å². The summed E-state index contributed by atoms with van der Waals surface area (Å²) in [5, 5.41) is 4.69. The van der Waals surface area contributed by atoms with E-state index in [1.54, 1.807) is 6.92 Å². The van der Waals surface area contributed by atoms with E-state index in [0.717, 1.165) is 0 Å². The summed E-state index contributed by atoms with van der Waals surface area (Å²) in [6.45, 7) is 3.07. The van der Waals surface area contributed by atoms with Gasteiger partial charge in [0.05, 0.1) is 0 Å². The van der Waals surface area contributed by atoms with Crippen LogP contribution in [-0.2, 0) is 0 Å². The van der Waals surface area contributed by atoms with Crippen molar-refractivity contribution >= 4 is 17.4 Å². The minimum Gasteiger partial charge on any atom is -0.309 e. The van der Waals surface area contributed by atoms with Crippen molar-refractivity contribution in [1.82, 2.24) is 9.97 Å². The van der Waals surface area contributed by atoms with Gasteiger partial charge < -0.3 is 15.6 Å². The van der Waals surface area contributed by atoms with E-state index in [4.69, 9.17) is 0 Å². The van der Waals surface area contributed by atoms with Gasteiger partial charge in [-0.2, -0.15) is 0 Å². The highest BCUT2D eigenvalue weighted by Crippen LogP contribution is 2.14. The molecule has 0 saturated heterocycles. The largest absolute Gasteiger partial charge is 0.326 e. The molecule has 0 saturated carbocycles. The quantitative estimate of drug-likeness (QED) is 0.673. The van der Waals surface area contributed by atoms with Crippen LogP contribution in [0.2, 0.25) is 0 Å². The Hall–Kier alpha value is -2.90. The van der Waals surface area contributed by atoms with Crippen LogP contribution in [-0.4, -0.2) is 16.0 Å². The molecule has 2 rings (SSSR count). The highest BCUT2D eigenvalue weighted by Gasteiger charge is 2.10. The summed E-state index contributed by atoms with van der Waals surface area (Å²) in [7, 11) is 0. The van der Waals surface area contributed by atoms with E-state index in [-0.39, 0.29) is 17.1 Å². The van der Waals surface area contributed by atoms with Crippen molar-refractivity contribution in [1.29, 1.82) is 0 Å². The SMILES string of the molecule is Cc1ccc(NC(=O)Nc2c(C)[nH]c(=O)[nH]c2=O)cc1F. The van der Waals surface area contributed by atoms with Crippen LogP contribution in [0.5, 0.6) is 0 Å². The van der Waals surface area contributed by atoms with Crippen molar-refractivity contribution in [2.75, 3.05) is 10.6 Å². The summed E-state index contributed by atoms with van der Waals surface area (Å²) in [6.07, 6.45) is 0. The number of aryl methyl sites for hydroxylation is 2. The molecular weight excluding hydrogens is 279 g/mol. The zero-order valence-corrected chi connectivity index (χ0v) is 11.3. The molecule has 2 amide bonds. The molecular formula is C13H13FN4O3. The number of aromatic nitrogens is 2. The molecule has 0 aliphatic heterocycles. The van der Waals surface area contributed by atoms with E-state index < -0.39 is 23.1 Å². The number of carbonyl (C=O) groups excluding carboxylic acids is 1. The second-order valence-corrected chi connectivity index (χ2v) is 4.45. The van der Waals surface area contributed by atoms with Gasteiger partial charge in [-0.15, -0.1) is 0 Å². The maximum Gasteiger partial charge on any atom is 0.326 e. The fourth-order valence-electron chi connectivity index (χ4n) is 1.70. The van der Waals surface area contributed by atoms with Crippen molar-refractivity contribution in [3.8, 4) is 0 Å². The van der Waals surface area contributed by atoms with E-state index >= 15 is 0 Å². The molecule has 1 heterocycles. The molecule has 2 aromatic rings. The van der Waals surface area contributed by atoms with Crippen LogP contribution in [0, 0.1) is 19.7 Å². The third-order valence-electron chi connectivity index (χ3n) is 2.80. The zero-order valence-electron chi connectivity index (χ0n) is 11.3. The number of H-pyrrole nitrogens is 2. The molecule has 0 unspecified atom stereocenters. The maximum absolute atomic E-state index is 13.4. The molecule has 0 aliphatic carbocycles. The van der Waals surface area contributed by atoms with Gasteiger partial charge in [0.15, 0.2) is 0 Å². The van der Waals surface area contributed by atoms with Crippen LogP contribution < -0.4 is 21.9 Å². The summed E-state index contributed by atoms with van der Waals surface area (Å²) in [5.41, 5.74) is -0.554. The van der Waals surface area contributed by atoms with Crippen LogP contribution in [0.1, 0.15) is 11.3 Å². The van der Waals surface area contributed by atoms with Gasteiger partial charge in [-0.05, 0) is 31.5 Å². The summed E-state index contributed by atoms with van der Waals surface area (Å²) < 4.78 is 13.4. The lowest BCUT2D eigenvalue weighted by Crippen LogP contribution is -2.30. The number of rotatable bonds is 2. The molecule has 110 valence electrons. The van der Waals surface area contributed by atoms with Gasteiger partial charge in [-0.3, -0.25) is 9.78 Å². The van der Waals surface area contributed by atoms with Gasteiger partial charge in [0.1, 0.15) is 11.5 Å². The van der Waals surface area contributed by atoms with Crippen LogP contribution in [0.15, 0.2) is 27.8 Å². The highest BCUT2D eigenvalue weighted by atomic mass is 19.1. The number of carbonyl (C=O) groups is 1. The van der Waals surface area contributed by atoms with Gasteiger partial charge in [-0.25, -0.2) is 14.0 Å². The highest BCUT2D eigenvalue weighted by molar-refractivity contribution is 5.99. The smallest absolute Gasteiger partial charge is 0.309 e. The molecule has 0 fully saturated rings. The standard InChI is InChI=1S/C13H13FN4O3/c1-6-3-4-8(5-9(6)14)16-13(21)17-10-7(2)15-12(20)18-11(10)19/h3-5H,1-2H3,(H2,16,17,21)(H2,15,18,19,20). The van der Waals surface area contributed by atoms with Crippen molar-refractivity contribution in [2.24, 2.45) is 0 Å². The number of urea groups is 1. The molecule has 7 nitrogen and oxygen atoms in total. The van der Waals surface area contributed by atoms with Crippen LogP contribution in [0.25, 0.3) is 0 Å². The molecule has 0 radical (unpaired) electrons. The third kappa shape index (κ3) is 3.35. The zero-order chi connectivity index (χ0) is 15.6. The fourth-order valence-corrected chi connectivity index (χ4v) is 1.70. The summed E-state index contributed by atoms with van der Waals surface area (Å²) in [5.74, 6) is -0.453. The first-order chi connectivity index (χ1) is 9.86. The van der Waals surface area contributed by atoms with Gasteiger partial charge in [-0.1, -0.05) is 6.07 Å². The van der Waals surface area contributed by atoms with E-state index in [1.165, 1.54) is 25.1 Å². The second-order valence-electron chi connectivity index (χ2n) is 4.45. The van der Waals surface area contributed by atoms with E-state index in [0.29, 0.717) is 5.56 Å². The minimum absolute atomic E-state index is 0.0836. The number of hydrogen-bond donors (Lipinski definition) is 4. The lowest BCUT2D eigenvalue weighted by Gasteiger charge is -2.09. The van der Waals surface area contributed by atoms with Crippen molar-refractivity contribution in [3.05, 3.63) is 56.1 Å². The number of amides is 2. The first-order valence-corrected chi connectivity index (χ1v) is 6.04. The molecule has 0 spiro atoms. The van der Waals surface area contributed by atoms with Crippen molar-refractivity contribution < 1.29 is 9.18 Å². The summed E-state index contributed by atoms with van der Waals surface area (Å²) >= 11 is 0. The number of hydrogen-bond acceptors (Lipinski definition) is 3. The van der Waals surface area contributed by atoms with Gasteiger partial charge in [0, 0.05) is 11.4 Å². The van der Waals surface area contributed by atoms with Crippen LogP contribution >= 0.6 is 0 Å². The molecule has 1 aromatic carbocycles. The Morgan fingerprint density at radius 2 is 1.86 bits per heavy atom. The number of anilines is 2. The molecule has 21 heavy (non-hydrogen) atoms. The second kappa shape index (κ2) is 5.61. The topological polar surface area (TPSA) is 107 Å². The predicted octanol–water partition coefficient (Wildman–Crippen LogP) is 1.46. The number of benzene rings is 1. The number of nitrogens with one attached hydrogen (secondary N) is 4. The third-order valence-corrected chi connectivity index (χ3v) is 2.80. The number of halogens is 1. The Balaban J connectivity index is 2.17. The molecule has 8 heteroatoms. The van der Waals surface area contributed by atoms with E-state index in [9.17, 15) is 18.8 Å². The average Bonchev–Trinajstić information content (AvgIpc) is 2.38. The van der Waals surface area contributed by atoms with E-state index in [1.807, 2.05) is 4.98 Å². The normalized spacial score (nSPS) is 10.2. The van der Waals surface area contributed by atoms with Gasteiger partial charge in [0.2, 0.25) is 0 Å². The Bertz CT molecular complexity index is 810. The molecule has 0 atom stereocenters.